The van der Waals surface area contributed by atoms with Crippen LogP contribution in [0, 0.1) is 5.41 Å². The average Bonchev–Trinajstić information content (AvgIpc) is 2.41. The third kappa shape index (κ3) is 1.95. The first-order chi connectivity index (χ1) is 8.31. The molecule has 1 aromatic rings. The summed E-state index contributed by atoms with van der Waals surface area (Å²) in [6, 6.07) is 10.2. The molecule has 92 valence electrons. The Morgan fingerprint density at radius 2 is 1.76 bits per heavy atom. The molecule has 0 bridgehead atoms. The van der Waals surface area contributed by atoms with Crippen LogP contribution in [0.15, 0.2) is 30.3 Å². The molecule has 0 aliphatic heterocycles. The molecule has 2 aliphatic rings. The van der Waals surface area contributed by atoms with E-state index in [1.807, 2.05) is 30.3 Å². The van der Waals surface area contributed by atoms with E-state index in [4.69, 9.17) is 16.3 Å². The van der Waals surface area contributed by atoms with Gasteiger partial charge in [-0.15, -0.1) is 11.6 Å². The number of para-hydroxylation sites is 1. The van der Waals surface area contributed by atoms with E-state index in [9.17, 15) is 0 Å². The summed E-state index contributed by atoms with van der Waals surface area (Å²) in [7, 11) is 0. The van der Waals surface area contributed by atoms with Crippen LogP contribution in [0.4, 0.5) is 0 Å². The molecule has 2 heteroatoms. The van der Waals surface area contributed by atoms with Gasteiger partial charge in [0.05, 0.1) is 0 Å². The Hall–Kier alpha value is -0.690. The predicted molar refractivity (Wildman–Crippen MR) is 70.6 cm³/mol. The van der Waals surface area contributed by atoms with Crippen molar-refractivity contribution in [2.45, 2.75) is 50.0 Å². The molecule has 1 nitrogen and oxygen atoms in total. The minimum absolute atomic E-state index is 0.273. The van der Waals surface area contributed by atoms with Crippen molar-refractivity contribution in [3.05, 3.63) is 30.3 Å². The van der Waals surface area contributed by atoms with Gasteiger partial charge in [0.2, 0.25) is 0 Å². The molecule has 2 saturated carbocycles. The SMILES string of the molecule is ClC1CC(Oc2ccccc2)C12CCCCC2. The molecule has 1 aromatic carbocycles. The van der Waals surface area contributed by atoms with Crippen LogP contribution in [0.2, 0.25) is 0 Å². The van der Waals surface area contributed by atoms with Gasteiger partial charge in [-0.25, -0.2) is 0 Å². The van der Waals surface area contributed by atoms with Gasteiger partial charge in [-0.3, -0.25) is 0 Å². The summed E-state index contributed by atoms with van der Waals surface area (Å²) in [6.45, 7) is 0. The second-order valence-corrected chi connectivity index (χ2v) is 5.94. The highest BCUT2D eigenvalue weighted by Gasteiger charge is 2.55. The molecule has 0 N–H and O–H groups in total. The third-order valence-corrected chi connectivity index (χ3v) is 5.10. The Bertz CT molecular complexity index is 370. The van der Waals surface area contributed by atoms with E-state index >= 15 is 0 Å². The number of alkyl halides is 1. The fraction of sp³-hybridized carbons (Fsp3) is 0.600. The quantitative estimate of drug-likeness (QED) is 0.707. The Morgan fingerprint density at radius 3 is 2.41 bits per heavy atom. The topological polar surface area (TPSA) is 9.23 Å². The van der Waals surface area contributed by atoms with Crippen LogP contribution in [0.3, 0.4) is 0 Å². The average molecular weight is 251 g/mol. The summed E-state index contributed by atoms with van der Waals surface area (Å²) < 4.78 is 6.13. The lowest BCUT2D eigenvalue weighted by Crippen LogP contribution is -2.58. The van der Waals surface area contributed by atoms with Gasteiger partial charge in [0.15, 0.2) is 0 Å². The lowest BCUT2D eigenvalue weighted by molar-refractivity contribution is -0.0650. The highest BCUT2D eigenvalue weighted by Crippen LogP contribution is 2.55. The number of halogens is 1. The van der Waals surface area contributed by atoms with E-state index in [2.05, 4.69) is 0 Å². The van der Waals surface area contributed by atoms with Crippen LogP contribution in [0.25, 0.3) is 0 Å². The monoisotopic (exact) mass is 250 g/mol. The summed E-state index contributed by atoms with van der Waals surface area (Å²) in [4.78, 5) is 0. The van der Waals surface area contributed by atoms with Crippen molar-refractivity contribution in [2.75, 3.05) is 0 Å². The van der Waals surface area contributed by atoms with Crippen LogP contribution in [0.1, 0.15) is 38.5 Å². The molecule has 1 spiro atoms. The van der Waals surface area contributed by atoms with Gasteiger partial charge in [-0.2, -0.15) is 0 Å². The van der Waals surface area contributed by atoms with E-state index in [1.165, 1.54) is 32.1 Å². The molecule has 0 saturated heterocycles. The van der Waals surface area contributed by atoms with Gasteiger partial charge >= 0.3 is 0 Å². The smallest absolute Gasteiger partial charge is 0.119 e. The number of hydrogen-bond donors (Lipinski definition) is 0. The van der Waals surface area contributed by atoms with Gasteiger partial charge in [0, 0.05) is 17.2 Å². The summed E-state index contributed by atoms with van der Waals surface area (Å²) in [5, 5.41) is 0.330. The molecule has 0 amide bonds. The Kier molecular flexibility index (Phi) is 3.04. The maximum absolute atomic E-state index is 6.47. The van der Waals surface area contributed by atoms with E-state index < -0.39 is 0 Å². The minimum atomic E-state index is 0.273. The highest BCUT2D eigenvalue weighted by molar-refractivity contribution is 6.21. The molecule has 2 unspecified atom stereocenters. The zero-order valence-electron chi connectivity index (χ0n) is 10.1. The first kappa shape index (κ1) is 11.4. The Morgan fingerprint density at radius 1 is 1.06 bits per heavy atom. The normalized spacial score (nSPS) is 30.9. The maximum Gasteiger partial charge on any atom is 0.119 e. The molecule has 0 heterocycles. The lowest BCUT2D eigenvalue weighted by Gasteiger charge is -2.55. The summed E-state index contributed by atoms with van der Waals surface area (Å²) in [5.74, 6) is 0.992. The van der Waals surface area contributed by atoms with Crippen molar-refractivity contribution in [3.8, 4) is 5.75 Å². The number of hydrogen-bond acceptors (Lipinski definition) is 1. The van der Waals surface area contributed by atoms with Gasteiger partial charge in [-0.1, -0.05) is 37.5 Å². The molecule has 0 radical (unpaired) electrons. The van der Waals surface area contributed by atoms with Crippen LogP contribution in [0.5, 0.6) is 5.75 Å². The predicted octanol–water partition coefficient (Wildman–Crippen LogP) is 4.40. The van der Waals surface area contributed by atoms with Crippen molar-refractivity contribution in [1.29, 1.82) is 0 Å². The van der Waals surface area contributed by atoms with Crippen molar-refractivity contribution >= 4 is 11.6 Å². The molecule has 0 aromatic heterocycles. The van der Waals surface area contributed by atoms with Gasteiger partial charge in [0.25, 0.3) is 0 Å². The van der Waals surface area contributed by atoms with E-state index in [1.54, 1.807) is 0 Å². The van der Waals surface area contributed by atoms with E-state index in [0.29, 0.717) is 11.5 Å². The summed E-state index contributed by atoms with van der Waals surface area (Å²) in [5.41, 5.74) is 0.273. The zero-order chi connectivity index (χ0) is 11.7. The Balaban J connectivity index is 1.72. The number of benzene rings is 1. The van der Waals surface area contributed by atoms with Gasteiger partial charge < -0.3 is 4.74 Å². The van der Waals surface area contributed by atoms with Crippen molar-refractivity contribution in [1.82, 2.24) is 0 Å². The van der Waals surface area contributed by atoms with Crippen LogP contribution in [-0.2, 0) is 0 Å². The number of ether oxygens (including phenoxy) is 1. The molecule has 2 aliphatic carbocycles. The van der Waals surface area contributed by atoms with Crippen molar-refractivity contribution < 1.29 is 4.74 Å². The molecule has 3 rings (SSSR count). The second-order valence-electron chi connectivity index (χ2n) is 5.42. The summed E-state index contributed by atoms with van der Waals surface area (Å²) >= 11 is 6.47. The van der Waals surface area contributed by atoms with Crippen LogP contribution in [-0.4, -0.2) is 11.5 Å². The molecular formula is C15H19ClO. The first-order valence-corrected chi connectivity index (χ1v) is 7.11. The zero-order valence-corrected chi connectivity index (χ0v) is 10.8. The van der Waals surface area contributed by atoms with Gasteiger partial charge in [0.1, 0.15) is 11.9 Å². The summed E-state index contributed by atoms with van der Waals surface area (Å²) in [6.07, 6.45) is 7.85. The van der Waals surface area contributed by atoms with Crippen molar-refractivity contribution in [2.24, 2.45) is 5.41 Å². The highest BCUT2D eigenvalue weighted by atomic mass is 35.5. The van der Waals surface area contributed by atoms with E-state index in [0.717, 1.165) is 12.2 Å². The fourth-order valence-corrected chi connectivity index (χ4v) is 3.89. The molecular weight excluding hydrogens is 232 g/mol. The molecule has 17 heavy (non-hydrogen) atoms. The van der Waals surface area contributed by atoms with Crippen LogP contribution < -0.4 is 4.74 Å². The Labute approximate surface area is 108 Å². The molecule has 2 atom stereocenters. The maximum atomic E-state index is 6.47. The molecule has 2 fully saturated rings. The third-order valence-electron chi connectivity index (χ3n) is 4.49. The second kappa shape index (κ2) is 4.53. The first-order valence-electron chi connectivity index (χ1n) is 6.67. The van der Waals surface area contributed by atoms with Crippen LogP contribution >= 0.6 is 11.6 Å². The van der Waals surface area contributed by atoms with Gasteiger partial charge in [-0.05, 0) is 25.0 Å². The van der Waals surface area contributed by atoms with Crippen molar-refractivity contribution in [3.63, 3.8) is 0 Å². The lowest BCUT2D eigenvalue weighted by atomic mass is 9.58. The fourth-order valence-electron chi connectivity index (χ4n) is 3.37. The minimum Gasteiger partial charge on any atom is -0.490 e. The van der Waals surface area contributed by atoms with E-state index in [-0.39, 0.29) is 5.41 Å². The largest absolute Gasteiger partial charge is 0.490 e. The standard InChI is InChI=1S/C15H19ClO/c16-13-11-14(15(13)9-5-2-6-10-15)17-12-7-3-1-4-8-12/h1,3-4,7-8,13-14H,2,5-6,9-11H2. The number of rotatable bonds is 2.